The van der Waals surface area contributed by atoms with Crippen LogP contribution in [0.15, 0.2) is 0 Å². The molecule has 0 aromatic heterocycles. The molecule has 2 heterocycles. The van der Waals surface area contributed by atoms with Crippen molar-refractivity contribution < 1.29 is 14.7 Å². The summed E-state index contributed by atoms with van der Waals surface area (Å²) in [6.07, 6.45) is 3.63. The predicted octanol–water partition coefficient (Wildman–Crippen LogP) is 0.935. The Bertz CT molecular complexity index is 335. The van der Waals surface area contributed by atoms with E-state index in [4.69, 9.17) is 5.11 Å². The molecule has 1 N–H and O–H groups in total. The predicted molar refractivity (Wildman–Crippen MR) is 67.2 cm³/mol. The smallest absolute Gasteiger partial charge is 0.326 e. The van der Waals surface area contributed by atoms with Crippen LogP contribution in [0.5, 0.6) is 0 Å². The number of nitrogens with zero attached hydrogens (tertiary/aromatic N) is 2. The van der Waals surface area contributed by atoms with E-state index < -0.39 is 12.0 Å². The highest BCUT2D eigenvalue weighted by molar-refractivity contribution is 5.85. The summed E-state index contributed by atoms with van der Waals surface area (Å²) >= 11 is 0. The van der Waals surface area contributed by atoms with Crippen LogP contribution in [0, 0.1) is 0 Å². The highest BCUT2D eigenvalue weighted by atomic mass is 16.4. The number of carbonyl (C=O) groups is 2. The largest absolute Gasteiger partial charge is 0.480 e. The molecule has 5 nitrogen and oxygen atoms in total. The van der Waals surface area contributed by atoms with E-state index in [1.807, 2.05) is 0 Å². The quantitative estimate of drug-likeness (QED) is 0.814. The van der Waals surface area contributed by atoms with Crippen LogP contribution in [0.25, 0.3) is 0 Å². The minimum Gasteiger partial charge on any atom is -0.480 e. The fraction of sp³-hybridized carbons (Fsp3) is 0.846. The van der Waals surface area contributed by atoms with Gasteiger partial charge in [0.05, 0.1) is 6.54 Å². The number of rotatable bonds is 3. The lowest BCUT2D eigenvalue weighted by atomic mass is 10.2. The summed E-state index contributed by atoms with van der Waals surface area (Å²) in [6, 6.07) is 0.246. The topological polar surface area (TPSA) is 60.9 Å². The monoisotopic (exact) mass is 254 g/mol. The van der Waals surface area contributed by atoms with Gasteiger partial charge < -0.3 is 10.0 Å². The van der Waals surface area contributed by atoms with Gasteiger partial charge in [-0.25, -0.2) is 4.79 Å². The summed E-state index contributed by atoms with van der Waals surface area (Å²) < 4.78 is 0. The summed E-state index contributed by atoms with van der Waals surface area (Å²) in [5.74, 6) is -0.899. The van der Waals surface area contributed by atoms with Gasteiger partial charge in [0.15, 0.2) is 0 Å². The van der Waals surface area contributed by atoms with Crippen molar-refractivity contribution in [1.82, 2.24) is 9.80 Å². The number of aliphatic carboxylic acids is 1. The van der Waals surface area contributed by atoms with Crippen LogP contribution < -0.4 is 0 Å². The molecular weight excluding hydrogens is 232 g/mol. The minimum atomic E-state index is -0.872. The maximum Gasteiger partial charge on any atom is 0.326 e. The van der Waals surface area contributed by atoms with E-state index in [1.54, 1.807) is 4.90 Å². The molecule has 0 aliphatic carbocycles. The van der Waals surface area contributed by atoms with Crippen molar-refractivity contribution in [1.29, 1.82) is 0 Å². The fourth-order valence-electron chi connectivity index (χ4n) is 3.13. The maximum absolute atomic E-state index is 12.2. The van der Waals surface area contributed by atoms with E-state index in [1.165, 1.54) is 0 Å². The maximum atomic E-state index is 12.2. The van der Waals surface area contributed by atoms with Gasteiger partial charge in [0.25, 0.3) is 0 Å². The first-order valence-corrected chi connectivity index (χ1v) is 6.78. The summed E-state index contributed by atoms with van der Waals surface area (Å²) in [4.78, 5) is 27.0. The Morgan fingerprint density at radius 3 is 2.33 bits per heavy atom. The zero-order chi connectivity index (χ0) is 13.3. The van der Waals surface area contributed by atoms with Crippen molar-refractivity contribution in [2.45, 2.75) is 57.7 Å². The van der Waals surface area contributed by atoms with Crippen LogP contribution in [-0.2, 0) is 9.59 Å². The van der Waals surface area contributed by atoms with Crippen LogP contribution >= 0.6 is 0 Å². The van der Waals surface area contributed by atoms with Crippen LogP contribution in [0.2, 0.25) is 0 Å². The van der Waals surface area contributed by atoms with Gasteiger partial charge in [-0.2, -0.15) is 0 Å². The Balaban J connectivity index is 1.97. The third-order valence-corrected chi connectivity index (χ3v) is 4.31. The Labute approximate surface area is 108 Å². The number of hydrogen-bond donors (Lipinski definition) is 1. The Hall–Kier alpha value is -1.10. The van der Waals surface area contributed by atoms with Gasteiger partial charge in [-0.15, -0.1) is 0 Å². The van der Waals surface area contributed by atoms with Crippen molar-refractivity contribution in [3.05, 3.63) is 0 Å². The van der Waals surface area contributed by atoms with Gasteiger partial charge in [-0.05, 0) is 39.5 Å². The summed E-state index contributed by atoms with van der Waals surface area (Å²) in [7, 11) is 0. The molecule has 0 bridgehead atoms. The van der Waals surface area contributed by atoms with E-state index in [0.29, 0.717) is 31.6 Å². The third kappa shape index (κ3) is 2.51. The summed E-state index contributed by atoms with van der Waals surface area (Å²) in [5.41, 5.74) is 0. The molecule has 2 saturated heterocycles. The Morgan fingerprint density at radius 2 is 1.78 bits per heavy atom. The van der Waals surface area contributed by atoms with E-state index in [0.717, 1.165) is 19.3 Å². The normalized spacial score (nSPS) is 33.0. The molecular formula is C13H22N2O3. The second kappa shape index (κ2) is 5.26. The average molecular weight is 254 g/mol. The molecule has 0 spiro atoms. The molecule has 0 saturated carbocycles. The van der Waals surface area contributed by atoms with Crippen molar-refractivity contribution in [2.75, 3.05) is 13.1 Å². The highest BCUT2D eigenvalue weighted by Gasteiger charge is 2.36. The van der Waals surface area contributed by atoms with Gasteiger partial charge >= 0.3 is 5.97 Å². The molecule has 3 unspecified atom stereocenters. The molecule has 102 valence electrons. The Kier molecular flexibility index (Phi) is 3.90. The third-order valence-electron chi connectivity index (χ3n) is 4.31. The van der Waals surface area contributed by atoms with Crippen LogP contribution in [0.3, 0.4) is 0 Å². The second-order valence-corrected chi connectivity index (χ2v) is 5.53. The molecule has 2 aliphatic rings. The number of amides is 1. The second-order valence-electron chi connectivity index (χ2n) is 5.53. The first-order chi connectivity index (χ1) is 8.50. The van der Waals surface area contributed by atoms with E-state index in [2.05, 4.69) is 18.7 Å². The van der Waals surface area contributed by atoms with E-state index >= 15 is 0 Å². The lowest BCUT2D eigenvalue weighted by molar-refractivity contribution is -0.148. The molecule has 2 rings (SSSR count). The first kappa shape index (κ1) is 13.3. The first-order valence-electron chi connectivity index (χ1n) is 6.78. The summed E-state index contributed by atoms with van der Waals surface area (Å²) in [5, 5.41) is 9.09. The standard InChI is InChI=1S/C13H22N2O3/c1-9-5-6-10(2)15(9)8-12(16)14-7-3-4-11(14)13(17)18/h9-11H,3-8H2,1-2H3,(H,17,18). The van der Waals surface area contributed by atoms with Gasteiger partial charge in [-0.3, -0.25) is 9.69 Å². The van der Waals surface area contributed by atoms with Crippen molar-refractivity contribution >= 4 is 11.9 Å². The van der Waals surface area contributed by atoms with Gasteiger partial charge in [0, 0.05) is 18.6 Å². The molecule has 0 aromatic carbocycles. The molecule has 2 fully saturated rings. The highest BCUT2D eigenvalue weighted by Crippen LogP contribution is 2.24. The molecule has 2 aliphatic heterocycles. The molecule has 3 atom stereocenters. The Morgan fingerprint density at radius 1 is 1.17 bits per heavy atom. The number of carboxylic acid groups (broad SMARTS) is 1. The number of likely N-dealkylation sites (tertiary alicyclic amines) is 2. The zero-order valence-corrected chi connectivity index (χ0v) is 11.1. The molecule has 18 heavy (non-hydrogen) atoms. The summed E-state index contributed by atoms with van der Waals surface area (Å²) in [6.45, 7) is 5.23. The van der Waals surface area contributed by atoms with Crippen LogP contribution in [-0.4, -0.2) is 58.0 Å². The van der Waals surface area contributed by atoms with Crippen molar-refractivity contribution in [2.24, 2.45) is 0 Å². The minimum absolute atomic E-state index is 0.0273. The lowest BCUT2D eigenvalue weighted by Crippen LogP contribution is -2.47. The van der Waals surface area contributed by atoms with E-state index in [9.17, 15) is 9.59 Å². The van der Waals surface area contributed by atoms with Crippen molar-refractivity contribution in [3.8, 4) is 0 Å². The van der Waals surface area contributed by atoms with Crippen LogP contribution in [0.1, 0.15) is 39.5 Å². The number of hydrogen-bond acceptors (Lipinski definition) is 3. The SMILES string of the molecule is CC1CCC(C)N1CC(=O)N1CCCC1C(=O)O. The van der Waals surface area contributed by atoms with Crippen molar-refractivity contribution in [3.63, 3.8) is 0 Å². The molecule has 0 radical (unpaired) electrons. The zero-order valence-electron chi connectivity index (χ0n) is 11.1. The lowest BCUT2D eigenvalue weighted by Gasteiger charge is -2.29. The number of carbonyl (C=O) groups excluding carboxylic acids is 1. The fourth-order valence-corrected chi connectivity index (χ4v) is 3.13. The van der Waals surface area contributed by atoms with Gasteiger partial charge in [-0.1, -0.05) is 0 Å². The van der Waals surface area contributed by atoms with Crippen LogP contribution in [0.4, 0.5) is 0 Å². The molecule has 5 heteroatoms. The molecule has 0 aromatic rings. The molecule has 1 amide bonds. The number of carboxylic acids is 1. The average Bonchev–Trinajstić information content (AvgIpc) is 2.90. The van der Waals surface area contributed by atoms with Gasteiger partial charge in [0.1, 0.15) is 6.04 Å². The van der Waals surface area contributed by atoms with E-state index in [-0.39, 0.29) is 5.91 Å². The van der Waals surface area contributed by atoms with Gasteiger partial charge in [0.2, 0.25) is 5.91 Å².